The average Bonchev–Trinajstić information content (AvgIpc) is 2.79. The summed E-state index contributed by atoms with van der Waals surface area (Å²) in [5.74, 6) is 0.298. The number of benzene rings is 1. The van der Waals surface area contributed by atoms with Gasteiger partial charge in [0.1, 0.15) is 5.69 Å². The molecule has 6 nitrogen and oxygen atoms in total. The van der Waals surface area contributed by atoms with Crippen LogP contribution in [0.2, 0.25) is 0 Å². The van der Waals surface area contributed by atoms with Crippen molar-refractivity contribution in [3.63, 3.8) is 0 Å². The Labute approximate surface area is 123 Å². The highest BCUT2D eigenvalue weighted by molar-refractivity contribution is 7.92. The molecule has 0 saturated heterocycles. The van der Waals surface area contributed by atoms with E-state index in [1.54, 1.807) is 19.9 Å². The minimum atomic E-state index is -3.69. The topological polar surface area (TPSA) is 84.2 Å². The highest BCUT2D eigenvalue weighted by Crippen LogP contribution is 2.27. The van der Waals surface area contributed by atoms with E-state index in [9.17, 15) is 8.42 Å². The van der Waals surface area contributed by atoms with Crippen molar-refractivity contribution in [1.29, 1.82) is 0 Å². The van der Waals surface area contributed by atoms with Crippen molar-refractivity contribution in [2.75, 3.05) is 11.3 Å². The third kappa shape index (κ3) is 2.54. The summed E-state index contributed by atoms with van der Waals surface area (Å²) in [5, 5.41) is 6.98. The highest BCUT2D eigenvalue weighted by Gasteiger charge is 2.25. The van der Waals surface area contributed by atoms with Gasteiger partial charge < -0.3 is 9.84 Å². The van der Waals surface area contributed by atoms with Gasteiger partial charge in [-0.1, -0.05) is 17.3 Å². The van der Waals surface area contributed by atoms with Crippen molar-refractivity contribution in [2.45, 2.75) is 31.7 Å². The Morgan fingerprint density at radius 2 is 2.14 bits per heavy atom. The molecule has 1 aromatic carbocycles. The lowest BCUT2D eigenvalue weighted by Crippen LogP contribution is -2.25. The maximum absolute atomic E-state index is 12.6. The van der Waals surface area contributed by atoms with Crippen molar-refractivity contribution in [2.24, 2.45) is 0 Å². The fourth-order valence-corrected chi connectivity index (χ4v) is 4.11. The molecule has 0 aliphatic carbocycles. The summed E-state index contributed by atoms with van der Waals surface area (Å²) in [6.07, 6.45) is 0.801. The second kappa shape index (κ2) is 5.16. The van der Waals surface area contributed by atoms with Crippen LogP contribution in [0.15, 0.2) is 27.6 Å². The molecule has 0 fully saturated rings. The largest absolute Gasteiger partial charge is 0.360 e. The quantitative estimate of drug-likeness (QED) is 0.902. The minimum absolute atomic E-state index is 0.119. The van der Waals surface area contributed by atoms with Crippen LogP contribution in [0.4, 0.5) is 5.69 Å². The predicted molar refractivity (Wildman–Crippen MR) is 78.6 cm³/mol. The van der Waals surface area contributed by atoms with Crippen LogP contribution in [0.5, 0.6) is 0 Å². The van der Waals surface area contributed by atoms with E-state index in [-0.39, 0.29) is 4.90 Å². The molecule has 0 bridgehead atoms. The standard InChI is InChI=1S/C14H17N3O3S/c1-9-14(10(2)20-16-9)21(18,19)17-13-5-3-4-11-8-15-7-6-12(11)13/h3-5,15,17H,6-8H2,1-2H3. The molecule has 1 aliphatic heterocycles. The number of aryl methyl sites for hydroxylation is 2. The van der Waals surface area contributed by atoms with Crippen LogP contribution in [0.25, 0.3) is 0 Å². The number of aromatic nitrogens is 1. The van der Waals surface area contributed by atoms with Gasteiger partial charge in [0.25, 0.3) is 10.0 Å². The monoisotopic (exact) mass is 307 g/mol. The molecule has 21 heavy (non-hydrogen) atoms. The minimum Gasteiger partial charge on any atom is -0.360 e. The van der Waals surface area contributed by atoms with Gasteiger partial charge in [0.2, 0.25) is 0 Å². The molecule has 2 N–H and O–H groups in total. The van der Waals surface area contributed by atoms with E-state index < -0.39 is 10.0 Å². The third-order valence-corrected chi connectivity index (χ3v) is 5.23. The maximum atomic E-state index is 12.6. The highest BCUT2D eigenvalue weighted by atomic mass is 32.2. The van der Waals surface area contributed by atoms with E-state index in [4.69, 9.17) is 4.52 Å². The second-order valence-corrected chi connectivity index (χ2v) is 6.75. The van der Waals surface area contributed by atoms with Crippen molar-refractivity contribution < 1.29 is 12.9 Å². The number of rotatable bonds is 3. The molecule has 0 spiro atoms. The summed E-state index contributed by atoms with van der Waals surface area (Å²) in [5.41, 5.74) is 3.17. The molecular formula is C14H17N3O3S. The van der Waals surface area contributed by atoms with Gasteiger partial charge >= 0.3 is 0 Å². The van der Waals surface area contributed by atoms with Crippen LogP contribution in [0.3, 0.4) is 0 Å². The van der Waals surface area contributed by atoms with Gasteiger partial charge in [-0.25, -0.2) is 8.42 Å². The zero-order valence-corrected chi connectivity index (χ0v) is 12.8. The molecular weight excluding hydrogens is 290 g/mol. The number of hydrogen-bond acceptors (Lipinski definition) is 5. The summed E-state index contributed by atoms with van der Waals surface area (Å²) in [4.78, 5) is 0.119. The zero-order chi connectivity index (χ0) is 15.0. The molecule has 0 radical (unpaired) electrons. The van der Waals surface area contributed by atoms with Crippen LogP contribution in [-0.2, 0) is 23.0 Å². The fourth-order valence-electron chi connectivity index (χ4n) is 2.68. The smallest absolute Gasteiger partial charge is 0.267 e. The van der Waals surface area contributed by atoms with Crippen LogP contribution < -0.4 is 10.0 Å². The molecule has 1 aromatic heterocycles. The maximum Gasteiger partial charge on any atom is 0.267 e. The Hall–Kier alpha value is -1.86. The van der Waals surface area contributed by atoms with Crippen LogP contribution in [0.1, 0.15) is 22.6 Å². The molecule has 112 valence electrons. The summed E-state index contributed by atoms with van der Waals surface area (Å²) in [6.45, 7) is 4.82. The molecule has 0 amide bonds. The third-order valence-electron chi connectivity index (χ3n) is 3.62. The van der Waals surface area contributed by atoms with Gasteiger partial charge in [0, 0.05) is 6.54 Å². The lowest BCUT2D eigenvalue weighted by molar-refractivity contribution is 0.390. The van der Waals surface area contributed by atoms with Gasteiger partial charge in [-0.2, -0.15) is 0 Å². The summed E-state index contributed by atoms with van der Waals surface area (Å²) >= 11 is 0. The molecule has 2 heterocycles. The number of hydrogen-bond donors (Lipinski definition) is 2. The molecule has 0 unspecified atom stereocenters. The normalized spacial score (nSPS) is 14.8. The number of fused-ring (bicyclic) bond motifs is 1. The number of nitrogens with one attached hydrogen (secondary N) is 2. The van der Waals surface area contributed by atoms with E-state index in [1.807, 2.05) is 12.1 Å². The Bertz CT molecular complexity index is 761. The molecule has 2 aromatic rings. The van der Waals surface area contributed by atoms with E-state index >= 15 is 0 Å². The first-order valence-electron chi connectivity index (χ1n) is 6.76. The zero-order valence-electron chi connectivity index (χ0n) is 11.9. The van der Waals surface area contributed by atoms with E-state index in [0.717, 1.165) is 30.6 Å². The van der Waals surface area contributed by atoms with Crippen molar-refractivity contribution in [3.05, 3.63) is 40.8 Å². The molecule has 0 saturated carbocycles. The van der Waals surface area contributed by atoms with E-state index in [0.29, 0.717) is 17.1 Å². The van der Waals surface area contributed by atoms with Crippen LogP contribution in [-0.4, -0.2) is 20.1 Å². The van der Waals surface area contributed by atoms with Crippen molar-refractivity contribution >= 4 is 15.7 Å². The van der Waals surface area contributed by atoms with Gasteiger partial charge in [0.15, 0.2) is 10.7 Å². The van der Waals surface area contributed by atoms with Crippen LogP contribution >= 0.6 is 0 Å². The first kappa shape index (κ1) is 14.1. The fraction of sp³-hybridized carbons (Fsp3) is 0.357. The second-order valence-electron chi connectivity index (χ2n) is 5.13. The number of nitrogens with zero attached hydrogens (tertiary/aromatic N) is 1. The van der Waals surface area contributed by atoms with Gasteiger partial charge in [-0.15, -0.1) is 0 Å². The lowest BCUT2D eigenvalue weighted by atomic mass is 9.99. The Morgan fingerprint density at radius 1 is 1.33 bits per heavy atom. The van der Waals surface area contributed by atoms with Crippen molar-refractivity contribution in [3.8, 4) is 0 Å². The predicted octanol–water partition coefficient (Wildman–Crippen LogP) is 1.74. The first-order chi connectivity index (χ1) is 9.99. The average molecular weight is 307 g/mol. The van der Waals surface area contributed by atoms with Crippen molar-refractivity contribution in [1.82, 2.24) is 10.5 Å². The van der Waals surface area contributed by atoms with Gasteiger partial charge in [-0.3, -0.25) is 4.72 Å². The number of anilines is 1. The lowest BCUT2D eigenvalue weighted by Gasteiger charge is -2.20. The number of sulfonamides is 1. The van der Waals surface area contributed by atoms with Gasteiger partial charge in [-0.05, 0) is 44.0 Å². The Kier molecular flexibility index (Phi) is 3.46. The Balaban J connectivity index is 2.01. The molecule has 3 rings (SSSR count). The molecule has 0 atom stereocenters. The summed E-state index contributed by atoms with van der Waals surface area (Å²) in [7, 11) is -3.69. The van der Waals surface area contributed by atoms with Crippen LogP contribution in [0, 0.1) is 13.8 Å². The summed E-state index contributed by atoms with van der Waals surface area (Å²) < 4.78 is 32.8. The SMILES string of the molecule is Cc1noc(C)c1S(=O)(=O)Nc1cccc2c1CCNC2. The Morgan fingerprint density at radius 3 is 2.86 bits per heavy atom. The molecule has 7 heteroatoms. The summed E-state index contributed by atoms with van der Waals surface area (Å²) in [6, 6.07) is 5.66. The van der Waals surface area contributed by atoms with E-state index in [1.165, 1.54) is 0 Å². The first-order valence-corrected chi connectivity index (χ1v) is 8.24. The molecule has 1 aliphatic rings. The van der Waals surface area contributed by atoms with E-state index in [2.05, 4.69) is 15.2 Å². The van der Waals surface area contributed by atoms with Gasteiger partial charge in [0.05, 0.1) is 5.69 Å².